The van der Waals surface area contributed by atoms with Crippen molar-refractivity contribution in [1.29, 1.82) is 0 Å². The Morgan fingerprint density at radius 2 is 1.84 bits per heavy atom. The van der Waals surface area contributed by atoms with Crippen LogP contribution in [0.2, 0.25) is 0 Å². The molecule has 1 fully saturated rings. The van der Waals surface area contributed by atoms with Gasteiger partial charge in [-0.25, -0.2) is 10.1 Å². The smallest absolute Gasteiger partial charge is 0.180 e. The highest BCUT2D eigenvalue weighted by atomic mass is 79.9. The lowest BCUT2D eigenvalue weighted by Crippen LogP contribution is -2.38. The summed E-state index contributed by atoms with van der Waals surface area (Å²) in [5, 5.41) is 17.4. The summed E-state index contributed by atoms with van der Waals surface area (Å²) < 4.78 is 12.5. The van der Waals surface area contributed by atoms with Gasteiger partial charge in [0.05, 0.1) is 13.2 Å². The number of rotatable bonds is 9. The van der Waals surface area contributed by atoms with Crippen molar-refractivity contribution in [2.75, 3.05) is 31.6 Å². The monoisotopic (exact) mass is 501 g/mol. The highest BCUT2D eigenvalue weighted by molar-refractivity contribution is 9.10. The molecule has 1 aliphatic heterocycles. The fourth-order valence-corrected chi connectivity index (χ4v) is 4.30. The molecule has 9 nitrogen and oxygen atoms in total. The van der Waals surface area contributed by atoms with E-state index in [1.165, 1.54) is 5.56 Å². The Balaban J connectivity index is 1.32. The first-order valence-electron chi connectivity index (χ1n) is 10.9. The van der Waals surface area contributed by atoms with Gasteiger partial charge in [0.15, 0.2) is 5.82 Å². The molecule has 0 radical (unpaired) electrons. The lowest BCUT2D eigenvalue weighted by atomic mass is 10.0. The van der Waals surface area contributed by atoms with Gasteiger partial charge < -0.3 is 14.8 Å². The summed E-state index contributed by atoms with van der Waals surface area (Å²) >= 11 is 3.61. The Kier molecular flexibility index (Phi) is 7.54. The van der Waals surface area contributed by atoms with E-state index in [0.29, 0.717) is 25.1 Å². The average Bonchev–Trinajstić information content (AvgIpc) is 3.34. The minimum Gasteiger partial charge on any atom is -0.493 e. The molecule has 1 aliphatic rings. The minimum absolute atomic E-state index is 0.402. The topological polar surface area (TPSA) is 101 Å². The molecule has 1 aromatic carbocycles. The highest BCUT2D eigenvalue weighted by Gasteiger charge is 2.21. The number of halogens is 1. The number of ether oxygens (including phenoxy) is 2. The number of hydrogen-bond acceptors (Lipinski definition) is 8. The molecule has 2 aromatic heterocycles. The summed E-state index contributed by atoms with van der Waals surface area (Å²) in [5.74, 6) is 3.15. The van der Waals surface area contributed by atoms with Crippen LogP contribution in [0.4, 0.5) is 5.82 Å². The Hall–Kier alpha value is -2.72. The number of likely N-dealkylation sites (tertiary alicyclic amines) is 1. The number of nitrogens with zero attached hydrogens (tertiary/aromatic N) is 5. The number of anilines is 1. The van der Waals surface area contributed by atoms with Crippen molar-refractivity contribution in [3.63, 3.8) is 0 Å². The van der Waals surface area contributed by atoms with E-state index in [1.54, 1.807) is 6.20 Å². The van der Waals surface area contributed by atoms with E-state index >= 15 is 0 Å². The predicted molar refractivity (Wildman–Crippen MR) is 126 cm³/mol. The molecule has 0 aliphatic carbocycles. The third-order valence-corrected chi connectivity index (χ3v) is 6.17. The zero-order valence-electron chi connectivity index (χ0n) is 18.3. The van der Waals surface area contributed by atoms with Gasteiger partial charge in [-0.3, -0.25) is 4.90 Å². The number of nitrogens with one attached hydrogen (secondary N) is 2. The molecular weight excluding hydrogens is 474 g/mol. The summed E-state index contributed by atoms with van der Waals surface area (Å²) in [7, 11) is 0. The van der Waals surface area contributed by atoms with Crippen LogP contribution in [0.1, 0.15) is 32.3 Å². The van der Waals surface area contributed by atoms with Crippen LogP contribution in [-0.4, -0.2) is 62.9 Å². The molecule has 2 N–H and O–H groups in total. The first-order chi connectivity index (χ1) is 15.7. The summed E-state index contributed by atoms with van der Waals surface area (Å²) in [6.07, 6.45) is 3.89. The molecule has 0 bridgehead atoms. The fraction of sp³-hybridized carbons (Fsp3) is 0.455. The van der Waals surface area contributed by atoms with Crippen molar-refractivity contribution < 1.29 is 9.47 Å². The molecule has 0 amide bonds. The number of tetrazole rings is 1. The third-order valence-electron chi connectivity index (χ3n) is 5.39. The SMILES string of the molecule is CCOc1cc(CN2CCC(Nc3ccc(-c4nnn[nH]4)cn3)CC2)cc(OCC)c1Br. The van der Waals surface area contributed by atoms with Crippen LogP contribution < -0.4 is 14.8 Å². The quantitative estimate of drug-likeness (QED) is 0.455. The molecule has 0 saturated carbocycles. The van der Waals surface area contributed by atoms with Gasteiger partial charge in [-0.2, -0.15) is 0 Å². The molecule has 170 valence electrons. The molecule has 4 rings (SSSR count). The summed E-state index contributed by atoms with van der Waals surface area (Å²) in [4.78, 5) is 6.98. The van der Waals surface area contributed by atoms with E-state index in [0.717, 1.165) is 59.8 Å². The predicted octanol–water partition coefficient (Wildman–Crippen LogP) is 3.90. The van der Waals surface area contributed by atoms with Crippen LogP contribution in [0.3, 0.4) is 0 Å². The van der Waals surface area contributed by atoms with Crippen molar-refractivity contribution in [2.24, 2.45) is 0 Å². The van der Waals surface area contributed by atoms with Gasteiger partial charge >= 0.3 is 0 Å². The summed E-state index contributed by atoms with van der Waals surface area (Å²) in [6, 6.07) is 8.55. The van der Waals surface area contributed by atoms with Gasteiger partial charge in [0.25, 0.3) is 0 Å². The first kappa shape index (κ1) is 22.5. The number of pyridine rings is 1. The molecule has 10 heteroatoms. The van der Waals surface area contributed by atoms with Crippen LogP contribution in [0.25, 0.3) is 11.4 Å². The van der Waals surface area contributed by atoms with Crippen LogP contribution in [0, 0.1) is 0 Å². The van der Waals surface area contributed by atoms with Gasteiger partial charge in [0.2, 0.25) is 0 Å². The summed E-state index contributed by atoms with van der Waals surface area (Å²) in [6.45, 7) is 8.13. The maximum atomic E-state index is 5.79. The highest BCUT2D eigenvalue weighted by Crippen LogP contribution is 2.36. The van der Waals surface area contributed by atoms with Crippen molar-refractivity contribution in [3.8, 4) is 22.9 Å². The Labute approximate surface area is 196 Å². The standard InChI is InChI=1S/C22H28BrN7O2/c1-3-31-18-11-15(12-19(21(18)23)32-4-2)14-30-9-7-17(8-10-30)25-20-6-5-16(13-24-20)22-26-28-29-27-22/h5-6,11-13,17H,3-4,7-10,14H2,1-2H3,(H,24,25)(H,26,27,28,29). The average molecular weight is 502 g/mol. The fourth-order valence-electron chi connectivity index (χ4n) is 3.84. The minimum atomic E-state index is 0.402. The second kappa shape index (κ2) is 10.7. The van der Waals surface area contributed by atoms with Crippen LogP contribution >= 0.6 is 15.9 Å². The van der Waals surface area contributed by atoms with E-state index in [4.69, 9.17) is 9.47 Å². The Bertz CT molecular complexity index is 963. The van der Waals surface area contributed by atoms with Crippen LogP contribution in [0.15, 0.2) is 34.9 Å². The number of benzene rings is 1. The zero-order valence-corrected chi connectivity index (χ0v) is 19.9. The maximum Gasteiger partial charge on any atom is 0.180 e. The Morgan fingerprint density at radius 3 is 2.41 bits per heavy atom. The largest absolute Gasteiger partial charge is 0.493 e. The second-order valence-electron chi connectivity index (χ2n) is 7.65. The van der Waals surface area contributed by atoms with Crippen LogP contribution in [0.5, 0.6) is 11.5 Å². The molecule has 0 unspecified atom stereocenters. The Morgan fingerprint density at radius 1 is 1.12 bits per heavy atom. The van der Waals surface area contributed by atoms with Gasteiger partial charge in [-0.05, 0) is 82.9 Å². The number of aromatic nitrogens is 5. The zero-order chi connectivity index (χ0) is 22.3. The van der Waals surface area contributed by atoms with Crippen molar-refractivity contribution in [1.82, 2.24) is 30.5 Å². The normalized spacial score (nSPS) is 15.0. The van der Waals surface area contributed by atoms with Crippen molar-refractivity contribution in [3.05, 3.63) is 40.5 Å². The third kappa shape index (κ3) is 5.55. The molecule has 0 spiro atoms. The number of hydrogen-bond donors (Lipinski definition) is 2. The van der Waals surface area contributed by atoms with Crippen molar-refractivity contribution >= 4 is 21.7 Å². The van der Waals surface area contributed by atoms with Gasteiger partial charge in [0, 0.05) is 37.4 Å². The maximum absolute atomic E-state index is 5.79. The van der Waals surface area contributed by atoms with Crippen LogP contribution in [-0.2, 0) is 6.54 Å². The number of piperidine rings is 1. The summed E-state index contributed by atoms with van der Waals surface area (Å²) in [5.41, 5.74) is 2.06. The lowest BCUT2D eigenvalue weighted by molar-refractivity contribution is 0.210. The van der Waals surface area contributed by atoms with Crippen molar-refractivity contribution in [2.45, 2.75) is 39.3 Å². The first-order valence-corrected chi connectivity index (χ1v) is 11.7. The van der Waals surface area contributed by atoms with E-state index in [2.05, 4.69) is 63.9 Å². The number of aromatic amines is 1. The van der Waals surface area contributed by atoms with E-state index in [-0.39, 0.29) is 0 Å². The van der Waals surface area contributed by atoms with Gasteiger partial charge in [-0.1, -0.05) is 0 Å². The second-order valence-corrected chi connectivity index (χ2v) is 8.44. The molecule has 1 saturated heterocycles. The molecular formula is C22H28BrN7O2. The number of H-pyrrole nitrogens is 1. The van der Waals surface area contributed by atoms with E-state index in [9.17, 15) is 0 Å². The van der Waals surface area contributed by atoms with Gasteiger partial charge in [0.1, 0.15) is 21.8 Å². The van der Waals surface area contributed by atoms with E-state index < -0.39 is 0 Å². The molecule has 32 heavy (non-hydrogen) atoms. The van der Waals surface area contributed by atoms with E-state index in [1.807, 2.05) is 26.0 Å². The molecule has 3 aromatic rings. The molecule has 3 heterocycles. The molecule has 0 atom stereocenters. The lowest BCUT2D eigenvalue weighted by Gasteiger charge is -2.32. The van der Waals surface area contributed by atoms with Gasteiger partial charge in [-0.15, -0.1) is 5.10 Å².